The summed E-state index contributed by atoms with van der Waals surface area (Å²) >= 11 is 1.85. The molecule has 2 nitrogen and oxygen atoms in total. The zero-order valence-corrected chi connectivity index (χ0v) is 10.4. The molecule has 1 aliphatic carbocycles. The summed E-state index contributed by atoms with van der Waals surface area (Å²) in [7, 11) is 0. The number of pyridine rings is 1. The van der Waals surface area contributed by atoms with Gasteiger partial charge in [-0.2, -0.15) is 5.26 Å². The molecular weight excluding hydrogens is 216 g/mol. The van der Waals surface area contributed by atoms with Crippen LogP contribution in [-0.4, -0.2) is 10.2 Å². The summed E-state index contributed by atoms with van der Waals surface area (Å²) in [5, 5.41) is 10.6. The highest BCUT2D eigenvalue weighted by Crippen LogP contribution is 2.32. The van der Waals surface area contributed by atoms with Crippen LogP contribution in [-0.2, 0) is 0 Å². The number of aryl methyl sites for hydroxylation is 1. The molecule has 3 heteroatoms. The van der Waals surface area contributed by atoms with Crippen molar-refractivity contribution >= 4 is 11.8 Å². The molecule has 1 fully saturated rings. The van der Waals surface area contributed by atoms with Gasteiger partial charge in [-0.3, -0.25) is 0 Å². The van der Waals surface area contributed by atoms with Gasteiger partial charge in [0.05, 0.1) is 16.7 Å². The van der Waals surface area contributed by atoms with E-state index in [2.05, 4.69) is 11.1 Å². The van der Waals surface area contributed by atoms with Gasteiger partial charge in [0.25, 0.3) is 0 Å². The van der Waals surface area contributed by atoms with Crippen LogP contribution in [0.2, 0.25) is 0 Å². The van der Waals surface area contributed by atoms with E-state index < -0.39 is 0 Å². The second-order valence-corrected chi connectivity index (χ2v) is 5.65. The van der Waals surface area contributed by atoms with Crippen molar-refractivity contribution in [2.24, 2.45) is 0 Å². The van der Waals surface area contributed by atoms with Gasteiger partial charge in [0.15, 0.2) is 0 Å². The van der Waals surface area contributed by atoms with Crippen molar-refractivity contribution in [1.82, 2.24) is 4.98 Å². The zero-order valence-electron chi connectivity index (χ0n) is 9.57. The van der Waals surface area contributed by atoms with E-state index >= 15 is 0 Å². The van der Waals surface area contributed by atoms with E-state index in [4.69, 9.17) is 5.26 Å². The average molecular weight is 232 g/mol. The highest BCUT2D eigenvalue weighted by molar-refractivity contribution is 7.99. The molecule has 0 spiro atoms. The Morgan fingerprint density at radius 1 is 1.31 bits per heavy atom. The summed E-state index contributed by atoms with van der Waals surface area (Å²) in [5.41, 5.74) is 1.67. The van der Waals surface area contributed by atoms with Gasteiger partial charge in [0.2, 0.25) is 0 Å². The van der Waals surface area contributed by atoms with Gasteiger partial charge in [0, 0.05) is 10.9 Å². The first-order valence-corrected chi connectivity index (χ1v) is 6.71. The van der Waals surface area contributed by atoms with E-state index in [0.29, 0.717) is 5.25 Å². The Bertz CT molecular complexity index is 403. The minimum atomic E-state index is 0.703. The van der Waals surface area contributed by atoms with Crippen LogP contribution in [0.25, 0.3) is 0 Å². The number of nitriles is 1. The molecule has 1 aromatic rings. The molecule has 0 amide bonds. The van der Waals surface area contributed by atoms with Crippen LogP contribution in [0.4, 0.5) is 0 Å². The molecule has 0 bridgehead atoms. The maximum Gasteiger partial charge on any atom is 0.0993 e. The van der Waals surface area contributed by atoms with Crippen molar-refractivity contribution in [3.8, 4) is 6.07 Å². The van der Waals surface area contributed by atoms with E-state index in [-0.39, 0.29) is 0 Å². The SMILES string of the molecule is Cc1cc(C#N)cc(SC2CCCCC2)n1. The summed E-state index contributed by atoms with van der Waals surface area (Å²) in [4.78, 5) is 4.49. The van der Waals surface area contributed by atoms with E-state index in [9.17, 15) is 0 Å². The molecule has 0 N–H and O–H groups in total. The Balaban J connectivity index is 2.08. The highest BCUT2D eigenvalue weighted by Gasteiger charge is 2.15. The lowest BCUT2D eigenvalue weighted by Crippen LogP contribution is -2.08. The zero-order chi connectivity index (χ0) is 11.4. The molecule has 0 saturated heterocycles. The van der Waals surface area contributed by atoms with Crippen molar-refractivity contribution in [2.45, 2.75) is 49.3 Å². The number of hydrogen-bond donors (Lipinski definition) is 0. The topological polar surface area (TPSA) is 36.7 Å². The predicted molar refractivity (Wildman–Crippen MR) is 66.4 cm³/mol. The minimum Gasteiger partial charge on any atom is -0.247 e. The molecule has 2 rings (SSSR count). The van der Waals surface area contributed by atoms with Crippen molar-refractivity contribution in [3.05, 3.63) is 23.4 Å². The molecule has 0 unspecified atom stereocenters. The van der Waals surface area contributed by atoms with Crippen LogP contribution in [0.15, 0.2) is 17.2 Å². The maximum absolute atomic E-state index is 8.91. The normalized spacial score (nSPS) is 17.0. The van der Waals surface area contributed by atoms with Crippen LogP contribution in [0, 0.1) is 18.3 Å². The van der Waals surface area contributed by atoms with E-state index in [1.807, 2.05) is 30.8 Å². The number of hydrogen-bond acceptors (Lipinski definition) is 3. The monoisotopic (exact) mass is 232 g/mol. The summed E-state index contributed by atoms with van der Waals surface area (Å²) in [6.45, 7) is 1.95. The van der Waals surface area contributed by atoms with Gasteiger partial charge in [-0.15, -0.1) is 11.8 Å². The van der Waals surface area contributed by atoms with Crippen LogP contribution >= 0.6 is 11.8 Å². The van der Waals surface area contributed by atoms with Gasteiger partial charge in [-0.05, 0) is 31.9 Å². The van der Waals surface area contributed by atoms with E-state index in [1.54, 1.807) is 0 Å². The van der Waals surface area contributed by atoms with Crippen molar-refractivity contribution in [2.75, 3.05) is 0 Å². The number of nitrogens with zero attached hydrogens (tertiary/aromatic N) is 2. The Morgan fingerprint density at radius 3 is 2.75 bits per heavy atom. The van der Waals surface area contributed by atoms with Gasteiger partial charge in [0.1, 0.15) is 0 Å². The molecule has 0 aliphatic heterocycles. The first-order valence-electron chi connectivity index (χ1n) is 5.83. The van der Waals surface area contributed by atoms with Crippen LogP contribution in [0.5, 0.6) is 0 Å². The molecule has 0 aromatic carbocycles. The lowest BCUT2D eigenvalue weighted by Gasteiger charge is -2.20. The Kier molecular flexibility index (Phi) is 3.84. The second kappa shape index (κ2) is 5.36. The van der Waals surface area contributed by atoms with Crippen molar-refractivity contribution in [1.29, 1.82) is 5.26 Å². The number of aromatic nitrogens is 1. The third-order valence-electron chi connectivity index (χ3n) is 2.90. The molecule has 1 aromatic heterocycles. The molecule has 0 radical (unpaired) electrons. The highest BCUT2D eigenvalue weighted by atomic mass is 32.2. The quantitative estimate of drug-likeness (QED) is 0.780. The fourth-order valence-electron chi connectivity index (χ4n) is 2.12. The Hall–Kier alpha value is -1.01. The third kappa shape index (κ3) is 2.99. The summed E-state index contributed by atoms with van der Waals surface area (Å²) in [6, 6.07) is 5.94. The first kappa shape index (κ1) is 11.5. The first-order chi connectivity index (χ1) is 7.78. The Labute approximate surface area is 101 Å². The van der Waals surface area contributed by atoms with E-state index in [0.717, 1.165) is 16.3 Å². The molecule has 1 aliphatic rings. The maximum atomic E-state index is 8.91. The van der Waals surface area contributed by atoms with Crippen LogP contribution in [0.1, 0.15) is 43.4 Å². The minimum absolute atomic E-state index is 0.703. The molecule has 16 heavy (non-hydrogen) atoms. The number of rotatable bonds is 2. The third-order valence-corrected chi connectivity index (χ3v) is 4.15. The smallest absolute Gasteiger partial charge is 0.0993 e. The van der Waals surface area contributed by atoms with Crippen LogP contribution in [0.3, 0.4) is 0 Å². The fourth-order valence-corrected chi connectivity index (χ4v) is 3.42. The summed E-state index contributed by atoms with van der Waals surface area (Å²) in [5.74, 6) is 0. The summed E-state index contributed by atoms with van der Waals surface area (Å²) in [6.07, 6.45) is 6.65. The van der Waals surface area contributed by atoms with Gasteiger partial charge in [-0.25, -0.2) is 4.98 Å². The molecule has 0 atom stereocenters. The molecule has 1 saturated carbocycles. The van der Waals surface area contributed by atoms with Gasteiger partial charge >= 0.3 is 0 Å². The standard InChI is InChI=1S/C13H16N2S/c1-10-7-11(9-14)8-13(15-10)16-12-5-3-2-4-6-12/h7-8,12H,2-6H2,1H3. The van der Waals surface area contributed by atoms with Gasteiger partial charge < -0.3 is 0 Å². The second-order valence-electron chi connectivity index (χ2n) is 4.33. The number of thioether (sulfide) groups is 1. The van der Waals surface area contributed by atoms with E-state index in [1.165, 1.54) is 32.1 Å². The van der Waals surface area contributed by atoms with Gasteiger partial charge in [-0.1, -0.05) is 19.3 Å². The van der Waals surface area contributed by atoms with Crippen LogP contribution < -0.4 is 0 Å². The lowest BCUT2D eigenvalue weighted by molar-refractivity contribution is 0.515. The molecular formula is C13H16N2S. The molecule has 1 heterocycles. The lowest BCUT2D eigenvalue weighted by atomic mass is 10.0. The largest absolute Gasteiger partial charge is 0.247 e. The predicted octanol–water partition coefficient (Wildman–Crippen LogP) is 3.69. The molecule has 84 valence electrons. The summed E-state index contributed by atoms with van der Waals surface area (Å²) < 4.78 is 0. The average Bonchev–Trinajstić information content (AvgIpc) is 2.29. The van der Waals surface area contributed by atoms with Crippen molar-refractivity contribution in [3.63, 3.8) is 0 Å². The fraction of sp³-hybridized carbons (Fsp3) is 0.538. The Morgan fingerprint density at radius 2 is 2.06 bits per heavy atom. The van der Waals surface area contributed by atoms with Crippen molar-refractivity contribution < 1.29 is 0 Å².